The monoisotopic (exact) mass is 341 g/mol. The molecule has 2 aliphatic carbocycles. The van der Waals surface area contributed by atoms with Crippen LogP contribution in [0.1, 0.15) is 44.6 Å². The molecule has 1 aliphatic heterocycles. The Hall–Kier alpha value is -2.37. The van der Waals surface area contributed by atoms with E-state index in [1.165, 1.54) is 19.3 Å². The van der Waals surface area contributed by atoms with Gasteiger partial charge in [-0.1, -0.05) is 36.8 Å². The van der Waals surface area contributed by atoms with Gasteiger partial charge < -0.3 is 5.32 Å². The fraction of sp³-hybridized carbons (Fsp3) is 0.526. The zero-order chi connectivity index (χ0) is 17.6. The fourth-order valence-corrected chi connectivity index (χ4v) is 4.74. The van der Waals surface area contributed by atoms with E-state index in [0.717, 1.165) is 17.3 Å². The van der Waals surface area contributed by atoms with E-state index in [1.54, 1.807) is 19.1 Å². The lowest BCUT2D eigenvalue weighted by molar-refractivity contribution is -0.139. The average molecular weight is 341 g/mol. The summed E-state index contributed by atoms with van der Waals surface area (Å²) in [5.74, 6) is 1.08. The van der Waals surface area contributed by atoms with Crippen LogP contribution in [0.15, 0.2) is 30.3 Å². The van der Waals surface area contributed by atoms with Crippen molar-refractivity contribution in [3.63, 3.8) is 0 Å². The number of benzene rings is 1. The van der Waals surface area contributed by atoms with Crippen LogP contribution in [-0.4, -0.2) is 22.9 Å². The van der Waals surface area contributed by atoms with Crippen molar-refractivity contribution in [2.24, 2.45) is 17.8 Å². The van der Waals surface area contributed by atoms with Crippen molar-refractivity contribution < 1.29 is 14.4 Å². The maximum atomic E-state index is 12.8. The Morgan fingerprint density at radius 2 is 2.00 bits per heavy atom. The third-order valence-corrected chi connectivity index (χ3v) is 6.11. The molecule has 0 radical (unpaired) electrons. The number of amides is 4. The van der Waals surface area contributed by atoms with Crippen molar-refractivity contribution >= 4 is 17.8 Å². The van der Waals surface area contributed by atoms with Gasteiger partial charge in [0.1, 0.15) is 5.54 Å². The summed E-state index contributed by atoms with van der Waals surface area (Å²) in [4.78, 5) is 37.4. The summed E-state index contributed by atoms with van der Waals surface area (Å²) < 4.78 is 0. The highest BCUT2D eigenvalue weighted by molar-refractivity contribution is 6.08. The molecule has 1 aromatic rings. The summed E-state index contributed by atoms with van der Waals surface area (Å²) in [5, 5.41) is 3.53. The quantitative estimate of drug-likeness (QED) is 0.825. The Balaban J connectivity index is 1.43. The average Bonchev–Trinajstić information content (AvgIpc) is 3.27. The Bertz CT molecular complexity index is 720. The van der Waals surface area contributed by atoms with Crippen LogP contribution < -0.4 is 10.7 Å². The first kappa shape index (κ1) is 16.1. The van der Waals surface area contributed by atoms with E-state index >= 15 is 0 Å². The van der Waals surface area contributed by atoms with Gasteiger partial charge in [0.25, 0.3) is 5.91 Å². The van der Waals surface area contributed by atoms with Gasteiger partial charge in [0.05, 0.1) is 0 Å². The molecule has 132 valence electrons. The van der Waals surface area contributed by atoms with Gasteiger partial charge in [-0.05, 0) is 49.5 Å². The van der Waals surface area contributed by atoms with Crippen LogP contribution in [0.4, 0.5) is 4.79 Å². The van der Waals surface area contributed by atoms with Crippen LogP contribution >= 0.6 is 0 Å². The molecule has 4 atom stereocenters. The third-order valence-electron chi connectivity index (χ3n) is 6.11. The number of nitrogens with zero attached hydrogens (tertiary/aromatic N) is 1. The first-order valence-corrected chi connectivity index (χ1v) is 8.99. The Kier molecular flexibility index (Phi) is 3.78. The Labute approximate surface area is 146 Å². The molecule has 25 heavy (non-hydrogen) atoms. The predicted octanol–water partition coefficient (Wildman–Crippen LogP) is 2.31. The van der Waals surface area contributed by atoms with E-state index < -0.39 is 17.5 Å². The number of fused-ring (bicyclic) bond motifs is 2. The number of nitrogens with one attached hydrogen (secondary N) is 2. The molecular weight excluding hydrogens is 318 g/mol. The summed E-state index contributed by atoms with van der Waals surface area (Å²) in [5.41, 5.74) is 2.06. The molecule has 2 saturated carbocycles. The highest BCUT2D eigenvalue weighted by atomic mass is 16.2. The molecule has 4 rings (SSSR count). The number of carbonyl (C=O) groups is 3. The Morgan fingerprint density at radius 1 is 1.24 bits per heavy atom. The van der Waals surface area contributed by atoms with Gasteiger partial charge in [0, 0.05) is 6.42 Å². The van der Waals surface area contributed by atoms with Crippen LogP contribution in [-0.2, 0) is 15.1 Å². The first-order chi connectivity index (χ1) is 12.0. The van der Waals surface area contributed by atoms with Gasteiger partial charge in [0.15, 0.2) is 0 Å². The maximum Gasteiger partial charge on any atom is 0.344 e. The van der Waals surface area contributed by atoms with Crippen LogP contribution in [0.3, 0.4) is 0 Å². The molecule has 0 spiro atoms. The number of hydrogen-bond acceptors (Lipinski definition) is 3. The topological polar surface area (TPSA) is 78.5 Å². The molecule has 2 N–H and O–H groups in total. The zero-order valence-electron chi connectivity index (χ0n) is 14.3. The summed E-state index contributed by atoms with van der Waals surface area (Å²) in [6, 6.07) is 8.48. The normalized spacial score (nSPS) is 33.6. The number of hydrogen-bond donors (Lipinski definition) is 2. The lowest BCUT2D eigenvalue weighted by atomic mass is 9.86. The molecule has 6 heteroatoms. The van der Waals surface area contributed by atoms with Crippen molar-refractivity contribution in [1.82, 2.24) is 15.8 Å². The number of urea groups is 1. The van der Waals surface area contributed by atoms with Gasteiger partial charge in [-0.3, -0.25) is 15.0 Å². The summed E-state index contributed by atoms with van der Waals surface area (Å²) >= 11 is 0. The molecule has 0 aromatic heterocycles. The van der Waals surface area contributed by atoms with Crippen molar-refractivity contribution in [1.29, 1.82) is 0 Å². The smallest absolute Gasteiger partial charge is 0.318 e. The van der Waals surface area contributed by atoms with Crippen LogP contribution in [0.25, 0.3) is 0 Å². The minimum absolute atomic E-state index is 0.252. The van der Waals surface area contributed by atoms with Gasteiger partial charge in [-0.25, -0.2) is 4.79 Å². The molecular formula is C19H23N3O3. The van der Waals surface area contributed by atoms with Gasteiger partial charge >= 0.3 is 6.03 Å². The second-order valence-corrected chi connectivity index (χ2v) is 7.74. The molecule has 1 heterocycles. The van der Waals surface area contributed by atoms with Gasteiger partial charge in [-0.2, -0.15) is 5.01 Å². The molecule has 0 unspecified atom stereocenters. The molecule has 1 saturated heterocycles. The van der Waals surface area contributed by atoms with E-state index in [4.69, 9.17) is 0 Å². The standard InChI is InChI=1S/C19H23N3O3/c1-19(15-5-3-2-4-6-15)17(24)22(18(25)20-19)21-16(23)11-14-10-12-7-8-13(14)9-12/h2-6,12-14H,7-11H2,1H3,(H,20,25)(H,21,23)/t12-,13-,14+,19+/m1/s1. The summed E-state index contributed by atoms with van der Waals surface area (Å²) in [6.07, 6.45) is 5.20. The third kappa shape index (κ3) is 2.69. The van der Waals surface area contributed by atoms with Crippen LogP contribution in [0.2, 0.25) is 0 Å². The molecule has 3 fully saturated rings. The first-order valence-electron chi connectivity index (χ1n) is 8.99. The molecule has 6 nitrogen and oxygen atoms in total. The largest absolute Gasteiger partial charge is 0.344 e. The maximum absolute atomic E-state index is 12.8. The number of hydrazine groups is 1. The molecule has 4 amide bonds. The molecule has 1 aromatic carbocycles. The zero-order valence-corrected chi connectivity index (χ0v) is 14.3. The fourth-order valence-electron chi connectivity index (χ4n) is 4.74. The molecule has 3 aliphatic rings. The second-order valence-electron chi connectivity index (χ2n) is 7.74. The van der Waals surface area contributed by atoms with E-state index in [1.807, 2.05) is 18.2 Å². The Morgan fingerprint density at radius 3 is 2.64 bits per heavy atom. The minimum atomic E-state index is -1.15. The molecule has 2 bridgehead atoms. The highest BCUT2D eigenvalue weighted by Gasteiger charge is 2.50. The lowest BCUT2D eigenvalue weighted by Gasteiger charge is -2.23. The minimum Gasteiger partial charge on any atom is -0.318 e. The number of carbonyl (C=O) groups excluding carboxylic acids is 3. The van der Waals surface area contributed by atoms with Gasteiger partial charge in [-0.15, -0.1) is 0 Å². The van der Waals surface area contributed by atoms with E-state index in [-0.39, 0.29) is 5.91 Å². The van der Waals surface area contributed by atoms with E-state index in [2.05, 4.69) is 10.7 Å². The number of imide groups is 1. The SMILES string of the molecule is C[C@@]1(c2ccccc2)NC(=O)N(NC(=O)C[C@@H]2C[C@@H]3CC[C@@H]2C3)C1=O. The van der Waals surface area contributed by atoms with E-state index in [9.17, 15) is 14.4 Å². The van der Waals surface area contributed by atoms with Crippen molar-refractivity contribution in [2.75, 3.05) is 0 Å². The van der Waals surface area contributed by atoms with Crippen LogP contribution in [0.5, 0.6) is 0 Å². The lowest BCUT2D eigenvalue weighted by Crippen LogP contribution is -2.48. The summed E-state index contributed by atoms with van der Waals surface area (Å²) in [6.45, 7) is 1.66. The predicted molar refractivity (Wildman–Crippen MR) is 90.9 cm³/mol. The van der Waals surface area contributed by atoms with Crippen LogP contribution in [0, 0.1) is 17.8 Å². The van der Waals surface area contributed by atoms with Crippen molar-refractivity contribution in [3.05, 3.63) is 35.9 Å². The highest BCUT2D eigenvalue weighted by Crippen LogP contribution is 2.49. The van der Waals surface area contributed by atoms with Crippen molar-refractivity contribution in [3.8, 4) is 0 Å². The van der Waals surface area contributed by atoms with Crippen molar-refractivity contribution in [2.45, 2.75) is 44.6 Å². The van der Waals surface area contributed by atoms with Gasteiger partial charge in [0.2, 0.25) is 5.91 Å². The van der Waals surface area contributed by atoms with E-state index in [0.29, 0.717) is 23.8 Å². The number of rotatable bonds is 4. The summed E-state index contributed by atoms with van der Waals surface area (Å²) in [7, 11) is 0. The second kappa shape index (κ2) is 5.86.